The van der Waals surface area contributed by atoms with Crippen molar-refractivity contribution in [1.29, 1.82) is 0 Å². The fourth-order valence-corrected chi connectivity index (χ4v) is 3.69. The second-order valence-electron chi connectivity index (χ2n) is 5.81. The Bertz CT molecular complexity index is 1090. The van der Waals surface area contributed by atoms with E-state index in [1.54, 1.807) is 55.8 Å². The minimum Gasteiger partial charge on any atom is -0.497 e. The maximum Gasteiger partial charge on any atom is 0.260 e. The highest BCUT2D eigenvalue weighted by Crippen LogP contribution is 2.31. The number of amides is 1. The van der Waals surface area contributed by atoms with Crippen molar-refractivity contribution in [3.63, 3.8) is 0 Å². The molecular formula is C20H15FN2O3S. The lowest BCUT2D eigenvalue weighted by molar-refractivity contribution is 0.0983. The van der Waals surface area contributed by atoms with Gasteiger partial charge in [-0.3, -0.25) is 9.69 Å². The molecule has 0 bridgehead atoms. The Morgan fingerprint density at radius 3 is 2.89 bits per heavy atom. The fraction of sp³-hybridized carbons (Fsp3) is 0.100. The van der Waals surface area contributed by atoms with Crippen LogP contribution < -0.4 is 9.64 Å². The number of nitrogens with zero attached hydrogens (tertiary/aromatic N) is 2. The first-order chi connectivity index (χ1) is 13.1. The molecule has 1 amide bonds. The van der Waals surface area contributed by atoms with E-state index < -0.39 is 0 Å². The summed E-state index contributed by atoms with van der Waals surface area (Å²) in [7, 11) is 1.55. The van der Waals surface area contributed by atoms with E-state index in [1.165, 1.54) is 28.4 Å². The number of methoxy groups -OCH3 is 1. The van der Waals surface area contributed by atoms with Gasteiger partial charge in [0.25, 0.3) is 5.91 Å². The van der Waals surface area contributed by atoms with E-state index >= 15 is 0 Å². The fourth-order valence-electron chi connectivity index (χ4n) is 2.70. The van der Waals surface area contributed by atoms with Crippen LogP contribution in [0, 0.1) is 5.82 Å². The van der Waals surface area contributed by atoms with Crippen molar-refractivity contribution in [2.75, 3.05) is 12.0 Å². The molecule has 0 unspecified atom stereocenters. The number of hydrogen-bond donors (Lipinski definition) is 0. The summed E-state index contributed by atoms with van der Waals surface area (Å²) in [5, 5.41) is 0.472. The zero-order valence-electron chi connectivity index (χ0n) is 14.4. The predicted octanol–water partition coefficient (Wildman–Crippen LogP) is 4.88. The van der Waals surface area contributed by atoms with Gasteiger partial charge in [-0.1, -0.05) is 17.4 Å². The smallest absolute Gasteiger partial charge is 0.260 e. The predicted molar refractivity (Wildman–Crippen MR) is 102 cm³/mol. The lowest BCUT2D eigenvalue weighted by atomic mass is 10.2. The lowest BCUT2D eigenvalue weighted by Gasteiger charge is -2.19. The first-order valence-electron chi connectivity index (χ1n) is 8.18. The highest BCUT2D eigenvalue weighted by atomic mass is 32.1. The van der Waals surface area contributed by atoms with Gasteiger partial charge in [0.15, 0.2) is 5.13 Å². The molecular weight excluding hydrogens is 367 g/mol. The van der Waals surface area contributed by atoms with Crippen molar-refractivity contribution < 1.29 is 18.3 Å². The maximum atomic E-state index is 13.5. The summed E-state index contributed by atoms with van der Waals surface area (Å²) in [5.41, 5.74) is 1.10. The Hall–Kier alpha value is -3.19. The Morgan fingerprint density at radius 1 is 1.22 bits per heavy atom. The lowest BCUT2D eigenvalue weighted by Crippen LogP contribution is -2.30. The zero-order chi connectivity index (χ0) is 18.8. The van der Waals surface area contributed by atoms with E-state index in [9.17, 15) is 9.18 Å². The summed E-state index contributed by atoms with van der Waals surface area (Å²) in [6.07, 6.45) is 1.55. The van der Waals surface area contributed by atoms with E-state index in [2.05, 4.69) is 4.98 Å². The van der Waals surface area contributed by atoms with Crippen LogP contribution in [0.2, 0.25) is 0 Å². The molecule has 0 aliphatic rings. The number of furan rings is 1. The van der Waals surface area contributed by atoms with Crippen molar-refractivity contribution in [1.82, 2.24) is 4.98 Å². The van der Waals surface area contributed by atoms with E-state index in [4.69, 9.17) is 9.15 Å². The van der Waals surface area contributed by atoms with Gasteiger partial charge in [0, 0.05) is 5.56 Å². The minimum atomic E-state index is -0.339. The molecule has 7 heteroatoms. The zero-order valence-corrected chi connectivity index (χ0v) is 15.2. The Balaban J connectivity index is 1.76. The number of ether oxygens (including phenoxy) is 1. The van der Waals surface area contributed by atoms with Gasteiger partial charge in [0.2, 0.25) is 0 Å². The van der Waals surface area contributed by atoms with Gasteiger partial charge < -0.3 is 9.15 Å². The molecule has 27 heavy (non-hydrogen) atoms. The van der Waals surface area contributed by atoms with Gasteiger partial charge in [-0.05, 0) is 48.5 Å². The first-order valence-corrected chi connectivity index (χ1v) is 9.00. The number of aromatic nitrogens is 1. The van der Waals surface area contributed by atoms with Crippen molar-refractivity contribution in [3.05, 3.63) is 78.0 Å². The number of carbonyl (C=O) groups is 1. The molecule has 0 aliphatic carbocycles. The minimum absolute atomic E-state index is 0.214. The SMILES string of the molecule is COc1cccc(C(=O)N(Cc2ccco2)c2nc3ccc(F)cc3s2)c1. The average molecular weight is 382 g/mol. The van der Waals surface area contributed by atoms with E-state index in [-0.39, 0.29) is 18.3 Å². The number of halogens is 1. The van der Waals surface area contributed by atoms with Crippen LogP contribution in [0.4, 0.5) is 9.52 Å². The number of rotatable bonds is 5. The number of hydrogen-bond acceptors (Lipinski definition) is 5. The molecule has 0 saturated heterocycles. The van der Waals surface area contributed by atoms with Gasteiger partial charge in [-0.2, -0.15) is 0 Å². The molecule has 0 atom stereocenters. The number of carbonyl (C=O) groups excluding carboxylic acids is 1. The molecule has 0 radical (unpaired) electrons. The van der Waals surface area contributed by atoms with E-state index in [0.717, 1.165) is 0 Å². The number of thiazole rings is 1. The quantitative estimate of drug-likeness (QED) is 0.493. The van der Waals surface area contributed by atoms with Crippen LogP contribution in [0.25, 0.3) is 10.2 Å². The van der Waals surface area contributed by atoms with Crippen LogP contribution in [0.5, 0.6) is 5.75 Å². The third-order valence-electron chi connectivity index (χ3n) is 4.03. The molecule has 2 aromatic heterocycles. The third kappa shape index (κ3) is 3.54. The van der Waals surface area contributed by atoms with E-state index in [1.807, 2.05) is 0 Å². The van der Waals surface area contributed by atoms with Crippen LogP contribution in [0.15, 0.2) is 65.3 Å². The molecule has 0 spiro atoms. The van der Waals surface area contributed by atoms with Crippen molar-refractivity contribution in [2.24, 2.45) is 0 Å². The Kier molecular flexibility index (Phi) is 4.60. The van der Waals surface area contributed by atoms with Gasteiger partial charge in [0.05, 0.1) is 30.1 Å². The largest absolute Gasteiger partial charge is 0.497 e. The summed E-state index contributed by atoms with van der Waals surface area (Å²) < 4.78 is 24.8. The van der Waals surface area contributed by atoms with Gasteiger partial charge in [-0.25, -0.2) is 9.37 Å². The van der Waals surface area contributed by atoms with Crippen LogP contribution in [-0.4, -0.2) is 18.0 Å². The molecule has 0 N–H and O–H groups in total. The molecule has 0 aliphatic heterocycles. The number of fused-ring (bicyclic) bond motifs is 1. The second kappa shape index (κ2) is 7.20. The topological polar surface area (TPSA) is 55.6 Å². The standard InChI is InChI=1S/C20H15FN2O3S/c1-25-15-5-2-4-13(10-15)19(24)23(12-16-6-3-9-26-16)20-22-17-8-7-14(21)11-18(17)27-20/h2-11H,12H2,1H3. The summed E-state index contributed by atoms with van der Waals surface area (Å²) in [5.74, 6) is 0.626. The molecule has 4 rings (SSSR count). The Morgan fingerprint density at radius 2 is 2.11 bits per heavy atom. The van der Waals surface area contributed by atoms with Crippen LogP contribution in [0.1, 0.15) is 16.1 Å². The van der Waals surface area contributed by atoms with E-state index in [0.29, 0.717) is 32.4 Å². The van der Waals surface area contributed by atoms with Gasteiger partial charge in [0.1, 0.15) is 17.3 Å². The monoisotopic (exact) mass is 382 g/mol. The summed E-state index contributed by atoms with van der Waals surface area (Å²) in [6, 6.07) is 14.8. The van der Waals surface area contributed by atoms with Crippen LogP contribution in [0.3, 0.4) is 0 Å². The van der Waals surface area contributed by atoms with Crippen LogP contribution in [-0.2, 0) is 6.54 Å². The molecule has 2 aromatic carbocycles. The number of anilines is 1. The van der Waals surface area contributed by atoms with Gasteiger partial charge >= 0.3 is 0 Å². The second-order valence-corrected chi connectivity index (χ2v) is 6.82. The summed E-state index contributed by atoms with van der Waals surface area (Å²) in [6.45, 7) is 0.214. The van der Waals surface area contributed by atoms with Crippen molar-refractivity contribution >= 4 is 32.6 Å². The molecule has 5 nitrogen and oxygen atoms in total. The van der Waals surface area contributed by atoms with Crippen LogP contribution >= 0.6 is 11.3 Å². The highest BCUT2D eigenvalue weighted by Gasteiger charge is 2.23. The summed E-state index contributed by atoms with van der Waals surface area (Å²) in [4.78, 5) is 19.2. The number of benzene rings is 2. The van der Waals surface area contributed by atoms with Crippen molar-refractivity contribution in [3.8, 4) is 5.75 Å². The third-order valence-corrected chi connectivity index (χ3v) is 5.07. The highest BCUT2D eigenvalue weighted by molar-refractivity contribution is 7.22. The maximum absolute atomic E-state index is 13.5. The average Bonchev–Trinajstić information content (AvgIpc) is 3.34. The normalized spacial score (nSPS) is 10.9. The molecule has 0 fully saturated rings. The molecule has 136 valence electrons. The molecule has 2 heterocycles. The van der Waals surface area contributed by atoms with Crippen molar-refractivity contribution in [2.45, 2.75) is 6.54 Å². The van der Waals surface area contributed by atoms with Gasteiger partial charge in [-0.15, -0.1) is 0 Å². The molecule has 0 saturated carbocycles. The molecule has 4 aromatic rings. The summed E-state index contributed by atoms with van der Waals surface area (Å²) >= 11 is 1.26. The Labute approximate surface area is 158 Å². The first kappa shape index (κ1) is 17.2.